The van der Waals surface area contributed by atoms with Crippen LogP contribution in [0.1, 0.15) is 245 Å². The summed E-state index contributed by atoms with van der Waals surface area (Å²) in [5.74, 6) is -0.160. The fourth-order valence-electron chi connectivity index (χ4n) is 7.45. The van der Waals surface area contributed by atoms with E-state index in [4.69, 9.17) is 9.05 Å². The number of aliphatic hydroxyl groups is 1. The number of carbonyl (C=O) groups excluding carboxylic acids is 1. The first-order chi connectivity index (χ1) is 27.0. The Kier molecular flexibility index (Phi) is 39.6. The van der Waals surface area contributed by atoms with Crippen molar-refractivity contribution < 1.29 is 32.9 Å². The maximum absolute atomic E-state index is 12.9. The van der Waals surface area contributed by atoms with Gasteiger partial charge in [-0.1, -0.05) is 226 Å². The second kappa shape index (κ2) is 39.9. The molecule has 0 fully saturated rings. The molecule has 0 saturated carbocycles. The van der Waals surface area contributed by atoms with Crippen LogP contribution in [-0.2, 0) is 18.4 Å². The van der Waals surface area contributed by atoms with Gasteiger partial charge in [0, 0.05) is 6.42 Å². The highest BCUT2D eigenvalue weighted by Gasteiger charge is 2.24. The van der Waals surface area contributed by atoms with Gasteiger partial charge in [-0.2, -0.15) is 0 Å². The summed E-state index contributed by atoms with van der Waals surface area (Å²) in [6.45, 7) is 4.75. The van der Waals surface area contributed by atoms with Gasteiger partial charge in [0.25, 0.3) is 7.82 Å². The summed E-state index contributed by atoms with van der Waals surface area (Å²) in [6.07, 6.45) is 43.9. The van der Waals surface area contributed by atoms with Gasteiger partial charge in [-0.05, 0) is 12.8 Å². The van der Waals surface area contributed by atoms with E-state index in [9.17, 15) is 19.4 Å². The lowest BCUT2D eigenvalue weighted by Gasteiger charge is -2.30. The van der Waals surface area contributed by atoms with Gasteiger partial charge in [0.2, 0.25) is 5.91 Å². The minimum atomic E-state index is -4.56. The van der Waals surface area contributed by atoms with E-state index in [2.05, 4.69) is 19.2 Å². The molecule has 336 valence electrons. The van der Waals surface area contributed by atoms with Crippen LogP contribution in [0.2, 0.25) is 0 Å². The molecule has 0 heterocycles. The van der Waals surface area contributed by atoms with Crippen molar-refractivity contribution >= 4 is 13.7 Å². The summed E-state index contributed by atoms with van der Waals surface area (Å²) in [5, 5.41) is 14.0. The molecule has 0 radical (unpaired) electrons. The highest BCUT2D eigenvalue weighted by Crippen LogP contribution is 2.38. The molecule has 0 aliphatic rings. The Morgan fingerprint density at radius 2 is 0.875 bits per heavy atom. The van der Waals surface area contributed by atoms with E-state index in [1.165, 1.54) is 180 Å². The standard InChI is InChI=1S/C47H97N2O6P/c1-6-8-10-12-14-16-18-20-22-24-26-28-30-32-34-36-38-40-46(50)45(44-55-56(52,53)54-43-42-49(3,4)5)48-47(51)41-39-37-35-33-31-29-27-25-23-21-19-17-15-13-11-9-7-2/h45-46,50H,6-44H2,1-5H3,(H-,48,51,52,53)/t45-,46+/m0/s1. The van der Waals surface area contributed by atoms with Gasteiger partial charge in [-0.15, -0.1) is 0 Å². The molecule has 0 saturated heterocycles. The van der Waals surface area contributed by atoms with Gasteiger partial charge in [0.1, 0.15) is 13.2 Å². The Hall–Kier alpha value is -0.500. The number of likely N-dealkylation sites (N-methyl/N-ethyl adjacent to an activating group) is 1. The SMILES string of the molecule is CCCCCCCCCCCCCCCCCCCC(=O)N[C@@H](COP(=O)([O-])OCC[N+](C)(C)C)[C@H](O)CCCCCCCCCCCCCCCCCCC. The van der Waals surface area contributed by atoms with Crippen molar-refractivity contribution in [3.8, 4) is 0 Å². The van der Waals surface area contributed by atoms with Gasteiger partial charge in [-0.3, -0.25) is 9.36 Å². The fraction of sp³-hybridized carbons (Fsp3) is 0.979. The zero-order valence-electron chi connectivity index (χ0n) is 38.1. The molecular formula is C47H97N2O6P. The summed E-state index contributed by atoms with van der Waals surface area (Å²) < 4.78 is 23.3. The third-order valence-electron chi connectivity index (χ3n) is 11.3. The number of phosphoric acid groups is 1. The Labute approximate surface area is 349 Å². The average Bonchev–Trinajstić information content (AvgIpc) is 3.15. The normalized spacial score (nSPS) is 14.2. The zero-order chi connectivity index (χ0) is 41.4. The molecule has 0 bridgehead atoms. The fourth-order valence-corrected chi connectivity index (χ4v) is 8.18. The molecule has 0 aliphatic heterocycles. The molecule has 0 rings (SSSR count). The first kappa shape index (κ1) is 55.5. The summed E-state index contributed by atoms with van der Waals surface area (Å²) in [6, 6.07) is -0.793. The quantitative estimate of drug-likeness (QED) is 0.0360. The Bertz CT molecular complexity index is 885. The molecule has 56 heavy (non-hydrogen) atoms. The lowest BCUT2D eigenvalue weighted by Crippen LogP contribution is -2.46. The monoisotopic (exact) mass is 817 g/mol. The number of phosphoric ester groups is 1. The minimum Gasteiger partial charge on any atom is -0.756 e. The van der Waals surface area contributed by atoms with Gasteiger partial charge < -0.3 is 28.8 Å². The number of unbranched alkanes of at least 4 members (excludes halogenated alkanes) is 32. The number of carbonyl (C=O) groups is 1. The van der Waals surface area contributed by atoms with E-state index in [0.29, 0.717) is 23.9 Å². The Balaban J connectivity index is 4.27. The summed E-state index contributed by atoms with van der Waals surface area (Å²) in [4.78, 5) is 25.4. The summed E-state index contributed by atoms with van der Waals surface area (Å²) >= 11 is 0. The predicted octanol–water partition coefficient (Wildman–Crippen LogP) is 13.1. The van der Waals surface area contributed by atoms with Gasteiger partial charge >= 0.3 is 0 Å². The molecule has 8 nitrogen and oxygen atoms in total. The molecule has 1 unspecified atom stereocenters. The molecule has 0 aromatic rings. The van der Waals surface area contributed by atoms with Crippen molar-refractivity contribution in [2.24, 2.45) is 0 Å². The van der Waals surface area contributed by atoms with E-state index in [1.807, 2.05) is 21.1 Å². The largest absolute Gasteiger partial charge is 0.756 e. The molecule has 0 aliphatic carbocycles. The number of hydrogen-bond donors (Lipinski definition) is 2. The third kappa shape index (κ3) is 41.7. The maximum atomic E-state index is 12.9. The molecular weight excluding hydrogens is 719 g/mol. The van der Waals surface area contributed by atoms with Gasteiger partial charge in [0.05, 0.1) is 39.9 Å². The molecule has 0 aromatic carbocycles. The zero-order valence-corrected chi connectivity index (χ0v) is 39.0. The van der Waals surface area contributed by atoms with Crippen LogP contribution in [0.25, 0.3) is 0 Å². The van der Waals surface area contributed by atoms with Crippen LogP contribution in [0.3, 0.4) is 0 Å². The lowest BCUT2D eigenvalue weighted by atomic mass is 10.0. The number of amides is 1. The van der Waals surface area contributed by atoms with Crippen molar-refractivity contribution in [1.82, 2.24) is 5.32 Å². The number of rotatable bonds is 45. The van der Waals surface area contributed by atoms with Crippen molar-refractivity contribution in [3.05, 3.63) is 0 Å². The third-order valence-corrected chi connectivity index (χ3v) is 12.3. The van der Waals surface area contributed by atoms with Crippen molar-refractivity contribution in [2.75, 3.05) is 40.9 Å². The van der Waals surface area contributed by atoms with Gasteiger partial charge in [0.15, 0.2) is 0 Å². The first-order valence-electron chi connectivity index (χ1n) is 24.4. The molecule has 3 atom stereocenters. The second-order valence-electron chi connectivity index (χ2n) is 18.2. The van der Waals surface area contributed by atoms with Crippen molar-refractivity contribution in [1.29, 1.82) is 0 Å². The number of hydrogen-bond acceptors (Lipinski definition) is 6. The van der Waals surface area contributed by atoms with E-state index in [0.717, 1.165) is 38.5 Å². The minimum absolute atomic E-state index is 0.0163. The number of aliphatic hydroxyl groups excluding tert-OH is 1. The number of nitrogens with one attached hydrogen (secondary N) is 1. The number of nitrogens with zero attached hydrogens (tertiary/aromatic N) is 1. The van der Waals surface area contributed by atoms with Crippen LogP contribution in [0.15, 0.2) is 0 Å². The topological polar surface area (TPSA) is 108 Å². The van der Waals surface area contributed by atoms with E-state index in [-0.39, 0.29) is 19.1 Å². The lowest BCUT2D eigenvalue weighted by molar-refractivity contribution is -0.870. The van der Waals surface area contributed by atoms with Crippen LogP contribution in [-0.4, -0.2) is 68.5 Å². The van der Waals surface area contributed by atoms with Crippen molar-refractivity contribution in [2.45, 2.75) is 257 Å². The van der Waals surface area contributed by atoms with Crippen LogP contribution in [0.4, 0.5) is 0 Å². The van der Waals surface area contributed by atoms with Crippen LogP contribution < -0.4 is 10.2 Å². The molecule has 9 heteroatoms. The van der Waals surface area contributed by atoms with E-state index >= 15 is 0 Å². The maximum Gasteiger partial charge on any atom is 0.268 e. The van der Waals surface area contributed by atoms with Gasteiger partial charge in [-0.25, -0.2) is 0 Å². The molecule has 0 spiro atoms. The summed E-state index contributed by atoms with van der Waals surface area (Å²) in [5.41, 5.74) is 0. The van der Waals surface area contributed by atoms with Crippen LogP contribution in [0.5, 0.6) is 0 Å². The Morgan fingerprint density at radius 1 is 0.554 bits per heavy atom. The van der Waals surface area contributed by atoms with Crippen LogP contribution in [0, 0.1) is 0 Å². The molecule has 0 aromatic heterocycles. The average molecular weight is 817 g/mol. The van der Waals surface area contributed by atoms with Crippen LogP contribution >= 0.6 is 7.82 Å². The number of quaternary nitrogens is 1. The predicted molar refractivity (Wildman–Crippen MR) is 238 cm³/mol. The van der Waals surface area contributed by atoms with E-state index in [1.54, 1.807) is 0 Å². The molecule has 1 amide bonds. The smallest absolute Gasteiger partial charge is 0.268 e. The first-order valence-corrected chi connectivity index (χ1v) is 25.8. The Morgan fingerprint density at radius 3 is 1.21 bits per heavy atom. The second-order valence-corrected chi connectivity index (χ2v) is 19.6. The summed E-state index contributed by atoms with van der Waals surface area (Å²) in [7, 11) is 1.32. The molecule has 2 N–H and O–H groups in total. The highest BCUT2D eigenvalue weighted by molar-refractivity contribution is 7.45. The van der Waals surface area contributed by atoms with E-state index < -0.39 is 20.0 Å². The van der Waals surface area contributed by atoms with Crippen molar-refractivity contribution in [3.63, 3.8) is 0 Å². The highest BCUT2D eigenvalue weighted by atomic mass is 31.2.